The number of nitrogens with zero attached hydrogens (tertiary/aromatic N) is 1. The first-order chi connectivity index (χ1) is 9.37. The predicted molar refractivity (Wildman–Crippen MR) is 74.2 cm³/mol. The van der Waals surface area contributed by atoms with Gasteiger partial charge in [-0.3, -0.25) is 0 Å². The number of hydrogen-bond acceptors (Lipinski definition) is 3. The largest absolute Gasteiger partial charge is 0.405 e. The molecule has 2 N–H and O–H groups in total. The molecule has 0 aliphatic carbocycles. The molecule has 0 aromatic heterocycles. The maximum Gasteiger partial charge on any atom is 0.405 e. The number of benzene rings is 1. The maximum absolute atomic E-state index is 12.6. The van der Waals surface area contributed by atoms with Crippen molar-refractivity contribution < 1.29 is 18.3 Å². The second-order valence-electron chi connectivity index (χ2n) is 4.31. The molecule has 1 aromatic carbocycles. The third kappa shape index (κ3) is 5.56. The molecule has 0 spiro atoms. The Morgan fingerprint density at radius 1 is 1.35 bits per heavy atom. The summed E-state index contributed by atoms with van der Waals surface area (Å²) in [5.74, 6) is 0. The van der Waals surface area contributed by atoms with Gasteiger partial charge in [-0.2, -0.15) is 13.2 Å². The number of anilines is 1. The molecule has 1 rings (SSSR count). The van der Waals surface area contributed by atoms with Crippen LogP contribution < -0.4 is 10.2 Å². The minimum absolute atomic E-state index is 0.0831. The van der Waals surface area contributed by atoms with E-state index >= 15 is 0 Å². The van der Waals surface area contributed by atoms with Crippen molar-refractivity contribution in [3.05, 3.63) is 28.8 Å². The van der Waals surface area contributed by atoms with E-state index in [1.54, 1.807) is 18.2 Å². The number of aliphatic hydroxyl groups is 1. The fraction of sp³-hybridized carbons (Fsp3) is 0.538. The highest BCUT2D eigenvalue weighted by atomic mass is 35.5. The van der Waals surface area contributed by atoms with Gasteiger partial charge in [0.05, 0.1) is 6.61 Å². The summed E-state index contributed by atoms with van der Waals surface area (Å²) >= 11 is 5.89. The zero-order chi connectivity index (χ0) is 15.2. The summed E-state index contributed by atoms with van der Waals surface area (Å²) in [6.07, 6.45) is -4.33. The van der Waals surface area contributed by atoms with Crippen molar-refractivity contribution in [2.45, 2.75) is 19.6 Å². The molecule has 0 fully saturated rings. The van der Waals surface area contributed by atoms with Crippen LogP contribution in [0.25, 0.3) is 0 Å². The lowest BCUT2D eigenvalue weighted by Crippen LogP contribution is -2.37. The van der Waals surface area contributed by atoms with Crippen LogP contribution in [-0.4, -0.2) is 37.5 Å². The molecule has 0 bridgehead atoms. The third-order valence-corrected chi connectivity index (χ3v) is 2.92. The highest BCUT2D eigenvalue weighted by Crippen LogP contribution is 2.27. The lowest BCUT2D eigenvalue weighted by atomic mass is 10.1. The van der Waals surface area contributed by atoms with Crippen molar-refractivity contribution in [1.29, 1.82) is 0 Å². The number of nitrogens with one attached hydrogen (secondary N) is 1. The van der Waals surface area contributed by atoms with Gasteiger partial charge >= 0.3 is 6.18 Å². The second kappa shape index (κ2) is 7.71. The molecular weight excluding hydrogens is 293 g/mol. The number of rotatable bonds is 7. The van der Waals surface area contributed by atoms with Gasteiger partial charge in [0, 0.05) is 23.8 Å². The predicted octanol–water partition coefficient (Wildman–Crippen LogP) is 2.81. The molecule has 114 valence electrons. The van der Waals surface area contributed by atoms with Crippen LogP contribution in [0.3, 0.4) is 0 Å². The molecule has 0 atom stereocenters. The van der Waals surface area contributed by atoms with Gasteiger partial charge in [-0.1, -0.05) is 18.5 Å². The Kier molecular flexibility index (Phi) is 6.58. The van der Waals surface area contributed by atoms with Gasteiger partial charge in [-0.15, -0.1) is 0 Å². The quantitative estimate of drug-likeness (QED) is 0.813. The number of halogens is 4. The normalized spacial score (nSPS) is 11.7. The molecule has 3 nitrogen and oxygen atoms in total. The average Bonchev–Trinajstić information content (AvgIpc) is 2.34. The highest BCUT2D eigenvalue weighted by Gasteiger charge is 2.31. The molecule has 0 amide bonds. The number of aliphatic hydroxyl groups excluding tert-OH is 1. The van der Waals surface area contributed by atoms with E-state index in [4.69, 9.17) is 16.7 Å². The monoisotopic (exact) mass is 310 g/mol. The molecule has 0 saturated carbocycles. The van der Waals surface area contributed by atoms with Crippen molar-refractivity contribution in [1.82, 2.24) is 5.32 Å². The fourth-order valence-electron chi connectivity index (χ4n) is 1.89. The third-order valence-electron chi connectivity index (χ3n) is 2.69. The van der Waals surface area contributed by atoms with Gasteiger partial charge in [-0.05, 0) is 30.3 Å². The van der Waals surface area contributed by atoms with Crippen molar-refractivity contribution in [3.8, 4) is 0 Å². The lowest BCUT2D eigenvalue weighted by Gasteiger charge is -2.27. The average molecular weight is 311 g/mol. The van der Waals surface area contributed by atoms with Gasteiger partial charge in [0.2, 0.25) is 0 Å². The highest BCUT2D eigenvalue weighted by molar-refractivity contribution is 6.30. The van der Waals surface area contributed by atoms with E-state index in [9.17, 15) is 13.2 Å². The first kappa shape index (κ1) is 17.1. The smallest absolute Gasteiger partial charge is 0.395 e. The van der Waals surface area contributed by atoms with Gasteiger partial charge in [0.25, 0.3) is 0 Å². The van der Waals surface area contributed by atoms with Crippen molar-refractivity contribution in [2.24, 2.45) is 0 Å². The number of alkyl halides is 3. The molecular formula is C13H18ClF3N2O. The zero-order valence-corrected chi connectivity index (χ0v) is 11.9. The Labute approximate surface area is 121 Å². The molecule has 0 heterocycles. The minimum atomic E-state index is -4.33. The Morgan fingerprint density at radius 3 is 2.60 bits per heavy atom. The van der Waals surface area contributed by atoms with Crippen LogP contribution >= 0.6 is 11.6 Å². The standard InChI is InChI=1S/C13H18ClF3N2O/c1-2-18-8-10-7-11(14)3-4-12(10)19(5-6-20)9-13(15,16)17/h3-4,7,18,20H,2,5-6,8-9H2,1H3. The van der Waals surface area contributed by atoms with Gasteiger partial charge in [-0.25, -0.2) is 0 Å². The molecule has 0 radical (unpaired) electrons. The van der Waals surface area contributed by atoms with Crippen LogP contribution in [0, 0.1) is 0 Å². The van der Waals surface area contributed by atoms with Crippen molar-refractivity contribution in [2.75, 3.05) is 31.1 Å². The summed E-state index contributed by atoms with van der Waals surface area (Å²) in [7, 11) is 0. The Hall–Kier alpha value is -0.980. The molecule has 0 aliphatic heterocycles. The van der Waals surface area contributed by atoms with Crippen molar-refractivity contribution >= 4 is 17.3 Å². The molecule has 1 aromatic rings. The molecule has 0 saturated heterocycles. The van der Waals surface area contributed by atoms with Gasteiger partial charge < -0.3 is 15.3 Å². The Balaban J connectivity index is 3.04. The molecule has 7 heteroatoms. The van der Waals surface area contributed by atoms with Gasteiger partial charge in [0.1, 0.15) is 6.54 Å². The Bertz CT molecular complexity index is 427. The SMILES string of the molecule is CCNCc1cc(Cl)ccc1N(CCO)CC(F)(F)F. The summed E-state index contributed by atoms with van der Waals surface area (Å²) in [5, 5.41) is 12.5. The van der Waals surface area contributed by atoms with E-state index in [-0.39, 0.29) is 13.2 Å². The molecule has 20 heavy (non-hydrogen) atoms. The summed E-state index contributed by atoms with van der Waals surface area (Å²) in [6.45, 7) is 1.50. The van der Waals surface area contributed by atoms with E-state index in [0.717, 1.165) is 4.90 Å². The molecule has 0 unspecified atom stereocenters. The topological polar surface area (TPSA) is 35.5 Å². The lowest BCUT2D eigenvalue weighted by molar-refractivity contribution is -0.119. The first-order valence-electron chi connectivity index (χ1n) is 6.29. The summed E-state index contributed by atoms with van der Waals surface area (Å²) in [5.41, 5.74) is 1.11. The fourth-order valence-corrected chi connectivity index (χ4v) is 2.08. The zero-order valence-electron chi connectivity index (χ0n) is 11.2. The van der Waals surface area contributed by atoms with E-state index in [1.807, 2.05) is 6.92 Å². The maximum atomic E-state index is 12.6. The van der Waals surface area contributed by atoms with E-state index < -0.39 is 12.7 Å². The summed E-state index contributed by atoms with van der Waals surface area (Å²) in [6, 6.07) is 4.74. The Morgan fingerprint density at radius 2 is 2.05 bits per heavy atom. The van der Waals surface area contributed by atoms with Crippen LogP contribution in [0.2, 0.25) is 5.02 Å². The van der Waals surface area contributed by atoms with Crippen molar-refractivity contribution in [3.63, 3.8) is 0 Å². The van der Waals surface area contributed by atoms with Crippen LogP contribution in [-0.2, 0) is 6.54 Å². The van der Waals surface area contributed by atoms with Crippen LogP contribution in [0.15, 0.2) is 18.2 Å². The van der Waals surface area contributed by atoms with Crippen LogP contribution in [0.1, 0.15) is 12.5 Å². The number of hydrogen-bond donors (Lipinski definition) is 2. The van der Waals surface area contributed by atoms with E-state index in [0.29, 0.717) is 29.4 Å². The minimum Gasteiger partial charge on any atom is -0.395 e. The second-order valence-corrected chi connectivity index (χ2v) is 4.75. The first-order valence-corrected chi connectivity index (χ1v) is 6.67. The molecule has 0 aliphatic rings. The van der Waals surface area contributed by atoms with Gasteiger partial charge in [0.15, 0.2) is 0 Å². The van der Waals surface area contributed by atoms with E-state index in [2.05, 4.69) is 5.32 Å². The summed E-state index contributed by atoms with van der Waals surface area (Å²) < 4.78 is 37.8. The summed E-state index contributed by atoms with van der Waals surface area (Å²) in [4.78, 5) is 1.11. The van der Waals surface area contributed by atoms with E-state index in [1.165, 1.54) is 0 Å². The van der Waals surface area contributed by atoms with Crippen LogP contribution in [0.5, 0.6) is 0 Å². The van der Waals surface area contributed by atoms with Crippen LogP contribution in [0.4, 0.5) is 18.9 Å².